The Morgan fingerprint density at radius 2 is 2.20 bits per heavy atom. The van der Waals surface area contributed by atoms with Gasteiger partial charge in [0, 0.05) is 21.3 Å². The zero-order valence-corrected chi connectivity index (χ0v) is 12.7. The third-order valence-electron chi connectivity index (χ3n) is 2.26. The molecule has 7 heteroatoms. The molecule has 1 amide bonds. The molecule has 0 aliphatic rings. The average molecular weight is 356 g/mol. The summed E-state index contributed by atoms with van der Waals surface area (Å²) in [5.74, 6) is -0.00613. The Morgan fingerprint density at radius 3 is 2.85 bits per heavy atom. The average Bonchev–Trinajstić information content (AvgIpc) is 2.38. The van der Waals surface area contributed by atoms with Gasteiger partial charge in [-0.25, -0.2) is 9.37 Å². The molecule has 1 aromatic carbocycles. The minimum absolute atomic E-state index is 0.153. The highest BCUT2D eigenvalue weighted by atomic mass is 79.9. The second-order valence-corrected chi connectivity index (χ2v) is 5.88. The first-order valence-electron chi connectivity index (χ1n) is 5.63. The second-order valence-electron chi connectivity index (χ2n) is 3.92. The molecule has 0 saturated heterocycles. The molecule has 2 aromatic rings. The Labute approximate surface area is 128 Å². The highest BCUT2D eigenvalue weighted by Gasteiger charge is 2.06. The van der Waals surface area contributed by atoms with Crippen LogP contribution in [0.15, 0.2) is 45.9 Å². The number of carbonyl (C=O) groups is 1. The van der Waals surface area contributed by atoms with Crippen LogP contribution in [0.4, 0.5) is 15.9 Å². The molecule has 0 spiro atoms. The number of pyridine rings is 1. The van der Waals surface area contributed by atoms with Gasteiger partial charge in [0.2, 0.25) is 5.91 Å². The van der Waals surface area contributed by atoms with Crippen molar-refractivity contribution in [1.29, 1.82) is 0 Å². The lowest BCUT2D eigenvalue weighted by atomic mass is 10.3. The number of halogens is 2. The third kappa shape index (κ3) is 4.50. The topological polar surface area (TPSA) is 68.0 Å². The van der Waals surface area contributed by atoms with Crippen LogP contribution >= 0.6 is 27.7 Å². The maximum Gasteiger partial charge on any atom is 0.235 e. The van der Waals surface area contributed by atoms with E-state index in [1.165, 1.54) is 23.9 Å². The lowest BCUT2D eigenvalue weighted by molar-refractivity contribution is -0.113. The quantitative estimate of drug-likeness (QED) is 0.652. The molecular weight excluding hydrogens is 345 g/mol. The normalized spacial score (nSPS) is 10.3. The summed E-state index contributed by atoms with van der Waals surface area (Å²) in [7, 11) is 0. The molecule has 0 atom stereocenters. The van der Waals surface area contributed by atoms with Gasteiger partial charge < -0.3 is 11.1 Å². The fourth-order valence-corrected chi connectivity index (χ4v) is 2.47. The predicted octanol–water partition coefficient (Wildman–Crippen LogP) is 3.30. The van der Waals surface area contributed by atoms with Gasteiger partial charge in [-0.3, -0.25) is 4.79 Å². The summed E-state index contributed by atoms with van der Waals surface area (Å²) in [6.07, 6.45) is 1.59. The summed E-state index contributed by atoms with van der Waals surface area (Å²) in [5, 5.41) is 2.65. The molecule has 0 bridgehead atoms. The number of hydrogen-bond acceptors (Lipinski definition) is 4. The minimum atomic E-state index is -0.414. The molecule has 20 heavy (non-hydrogen) atoms. The number of aromatic nitrogens is 1. The summed E-state index contributed by atoms with van der Waals surface area (Å²) in [4.78, 5) is 16.4. The van der Waals surface area contributed by atoms with E-state index >= 15 is 0 Å². The molecule has 104 valence electrons. The van der Waals surface area contributed by atoms with E-state index in [0.29, 0.717) is 16.4 Å². The Morgan fingerprint density at radius 1 is 1.40 bits per heavy atom. The molecule has 0 aliphatic carbocycles. The van der Waals surface area contributed by atoms with Gasteiger partial charge in [-0.2, -0.15) is 0 Å². The number of carbonyl (C=O) groups excluding carboxylic acids is 1. The van der Waals surface area contributed by atoms with Gasteiger partial charge in [0.1, 0.15) is 11.6 Å². The fourth-order valence-electron chi connectivity index (χ4n) is 1.45. The summed E-state index contributed by atoms with van der Waals surface area (Å²) < 4.78 is 14.0. The number of hydrogen-bond donors (Lipinski definition) is 2. The number of rotatable bonds is 4. The van der Waals surface area contributed by atoms with Crippen molar-refractivity contribution >= 4 is 45.1 Å². The fraction of sp³-hybridized carbons (Fsp3) is 0.0769. The number of nitrogen functional groups attached to an aromatic ring is 1. The standard InChI is InChI=1S/C13H11BrFN3OS/c14-8-1-2-12(17-6-8)18-13(19)7-20-11-4-9(15)3-10(16)5-11/h1-6H,7,16H2,(H,17,18,19). The van der Waals surface area contributed by atoms with E-state index in [0.717, 1.165) is 4.47 Å². The number of thioether (sulfide) groups is 1. The van der Waals surface area contributed by atoms with Crippen LogP contribution in [0.25, 0.3) is 0 Å². The van der Waals surface area contributed by atoms with Crippen LogP contribution in [-0.2, 0) is 4.79 Å². The van der Waals surface area contributed by atoms with Gasteiger partial charge in [0.25, 0.3) is 0 Å². The summed E-state index contributed by atoms with van der Waals surface area (Å²) in [6.45, 7) is 0. The van der Waals surface area contributed by atoms with Crippen LogP contribution in [0, 0.1) is 5.82 Å². The van der Waals surface area contributed by atoms with E-state index in [-0.39, 0.29) is 11.7 Å². The molecule has 1 aromatic heterocycles. The highest BCUT2D eigenvalue weighted by Crippen LogP contribution is 2.22. The van der Waals surface area contributed by atoms with Gasteiger partial charge in [-0.05, 0) is 46.3 Å². The molecule has 4 nitrogen and oxygen atoms in total. The van der Waals surface area contributed by atoms with Gasteiger partial charge in [0.05, 0.1) is 5.75 Å². The molecular formula is C13H11BrFN3OS. The van der Waals surface area contributed by atoms with E-state index in [2.05, 4.69) is 26.2 Å². The van der Waals surface area contributed by atoms with E-state index in [1.54, 1.807) is 24.4 Å². The van der Waals surface area contributed by atoms with Crippen molar-refractivity contribution in [2.75, 3.05) is 16.8 Å². The summed E-state index contributed by atoms with van der Waals surface area (Å²) in [6, 6.07) is 7.66. The third-order valence-corrected chi connectivity index (χ3v) is 3.70. The molecule has 0 fully saturated rings. The largest absolute Gasteiger partial charge is 0.399 e. The van der Waals surface area contributed by atoms with Crippen molar-refractivity contribution < 1.29 is 9.18 Å². The molecule has 0 unspecified atom stereocenters. The molecule has 0 aliphatic heterocycles. The van der Waals surface area contributed by atoms with Crippen molar-refractivity contribution in [3.63, 3.8) is 0 Å². The van der Waals surface area contributed by atoms with E-state index < -0.39 is 5.82 Å². The number of nitrogens with two attached hydrogens (primary N) is 1. The van der Waals surface area contributed by atoms with Crippen LogP contribution in [0.5, 0.6) is 0 Å². The second kappa shape index (κ2) is 6.71. The predicted molar refractivity (Wildman–Crippen MR) is 82.1 cm³/mol. The molecule has 0 radical (unpaired) electrons. The van der Waals surface area contributed by atoms with Crippen molar-refractivity contribution in [2.24, 2.45) is 0 Å². The SMILES string of the molecule is Nc1cc(F)cc(SCC(=O)Nc2ccc(Br)cn2)c1. The number of benzene rings is 1. The Bertz CT molecular complexity index is 601. The highest BCUT2D eigenvalue weighted by molar-refractivity contribution is 9.10. The number of anilines is 2. The van der Waals surface area contributed by atoms with Gasteiger partial charge in [-0.1, -0.05) is 0 Å². The first-order valence-corrected chi connectivity index (χ1v) is 7.41. The number of amides is 1. The molecule has 2 rings (SSSR count). The van der Waals surface area contributed by atoms with E-state index in [4.69, 9.17) is 5.73 Å². The Balaban J connectivity index is 1.90. The van der Waals surface area contributed by atoms with Gasteiger partial charge in [-0.15, -0.1) is 11.8 Å². The van der Waals surface area contributed by atoms with Crippen LogP contribution in [0.1, 0.15) is 0 Å². The maximum absolute atomic E-state index is 13.1. The monoisotopic (exact) mass is 355 g/mol. The molecule has 1 heterocycles. The first kappa shape index (κ1) is 14.8. The molecule has 0 saturated carbocycles. The van der Waals surface area contributed by atoms with Gasteiger partial charge in [0.15, 0.2) is 0 Å². The number of nitrogens with zero attached hydrogens (tertiary/aromatic N) is 1. The zero-order chi connectivity index (χ0) is 14.5. The van der Waals surface area contributed by atoms with E-state index in [9.17, 15) is 9.18 Å². The lowest BCUT2D eigenvalue weighted by Crippen LogP contribution is -2.14. The van der Waals surface area contributed by atoms with Crippen molar-refractivity contribution in [2.45, 2.75) is 4.90 Å². The lowest BCUT2D eigenvalue weighted by Gasteiger charge is -2.05. The van der Waals surface area contributed by atoms with Crippen LogP contribution in [-0.4, -0.2) is 16.6 Å². The van der Waals surface area contributed by atoms with Crippen LogP contribution in [0.3, 0.4) is 0 Å². The van der Waals surface area contributed by atoms with Crippen molar-refractivity contribution in [1.82, 2.24) is 4.98 Å². The smallest absolute Gasteiger partial charge is 0.235 e. The van der Waals surface area contributed by atoms with E-state index in [1.807, 2.05) is 0 Å². The van der Waals surface area contributed by atoms with Crippen LogP contribution < -0.4 is 11.1 Å². The number of nitrogens with one attached hydrogen (secondary N) is 1. The zero-order valence-electron chi connectivity index (χ0n) is 10.3. The van der Waals surface area contributed by atoms with Crippen molar-refractivity contribution in [3.05, 3.63) is 46.8 Å². The first-order chi connectivity index (χ1) is 9.52. The van der Waals surface area contributed by atoms with Gasteiger partial charge >= 0.3 is 0 Å². The minimum Gasteiger partial charge on any atom is -0.399 e. The maximum atomic E-state index is 13.1. The van der Waals surface area contributed by atoms with Crippen molar-refractivity contribution in [3.8, 4) is 0 Å². The van der Waals surface area contributed by atoms with Crippen LogP contribution in [0.2, 0.25) is 0 Å². The Kier molecular flexibility index (Phi) is 4.97. The molecule has 3 N–H and O–H groups in total. The summed E-state index contributed by atoms with van der Waals surface area (Å²) >= 11 is 4.47. The Hall–Kier alpha value is -1.60. The summed E-state index contributed by atoms with van der Waals surface area (Å²) in [5.41, 5.74) is 5.87.